The van der Waals surface area contributed by atoms with Crippen molar-refractivity contribution in [3.05, 3.63) is 64.1 Å². The zero-order chi connectivity index (χ0) is 25.1. The first-order valence-corrected chi connectivity index (χ1v) is 11.6. The number of hydrogen-bond acceptors (Lipinski definition) is 6. The molecule has 0 saturated carbocycles. The van der Waals surface area contributed by atoms with E-state index in [-0.39, 0.29) is 29.0 Å². The molecule has 0 spiro atoms. The van der Waals surface area contributed by atoms with Gasteiger partial charge < -0.3 is 19.3 Å². The fraction of sp³-hybridized carbons (Fsp3) is 0.385. The minimum absolute atomic E-state index is 0.150. The topological polar surface area (TPSA) is 94.0 Å². The molecule has 1 aliphatic rings. The minimum Gasteiger partial charge on any atom is -0.497 e. The van der Waals surface area contributed by atoms with Gasteiger partial charge in [-0.3, -0.25) is 14.4 Å². The van der Waals surface area contributed by atoms with Gasteiger partial charge in [0.05, 0.1) is 19.6 Å². The highest BCUT2D eigenvalue weighted by atomic mass is 16.5. The summed E-state index contributed by atoms with van der Waals surface area (Å²) in [5.74, 6) is 0.887. The van der Waals surface area contributed by atoms with Gasteiger partial charge in [-0.25, -0.2) is 4.68 Å². The molecule has 0 unspecified atom stereocenters. The van der Waals surface area contributed by atoms with Gasteiger partial charge in [0.1, 0.15) is 11.5 Å². The van der Waals surface area contributed by atoms with E-state index in [1.54, 1.807) is 52.3 Å². The molecule has 184 valence electrons. The number of carbonyl (C=O) groups excluding carboxylic acids is 2. The van der Waals surface area contributed by atoms with Gasteiger partial charge in [-0.15, -0.1) is 0 Å². The zero-order valence-electron chi connectivity index (χ0n) is 20.5. The minimum atomic E-state index is -0.242. The normalized spacial score (nSPS) is 13.9. The standard InChI is InChI=1S/C26H30N4O5/c1-17(2)16-30-25(32)22-8-6-5-7-21(22)23(27-30)26(33)29-11-9-28(10-12-29)24(31)18-13-19(34-3)15-20(14-18)35-4/h5-8,13-15,17H,9-12,16H2,1-4H3. The van der Waals surface area contributed by atoms with Crippen molar-refractivity contribution in [1.29, 1.82) is 0 Å². The highest BCUT2D eigenvalue weighted by Crippen LogP contribution is 2.24. The van der Waals surface area contributed by atoms with Crippen LogP contribution in [0.5, 0.6) is 11.5 Å². The van der Waals surface area contributed by atoms with Crippen LogP contribution in [0.15, 0.2) is 47.3 Å². The van der Waals surface area contributed by atoms with Crippen LogP contribution < -0.4 is 15.0 Å². The van der Waals surface area contributed by atoms with Crippen molar-refractivity contribution in [2.45, 2.75) is 20.4 Å². The van der Waals surface area contributed by atoms with E-state index in [2.05, 4.69) is 5.10 Å². The maximum Gasteiger partial charge on any atom is 0.275 e. The number of rotatable bonds is 6. The van der Waals surface area contributed by atoms with Gasteiger partial charge in [0.2, 0.25) is 0 Å². The number of fused-ring (bicyclic) bond motifs is 1. The van der Waals surface area contributed by atoms with Crippen LogP contribution in [0.1, 0.15) is 34.7 Å². The summed E-state index contributed by atoms with van der Waals surface area (Å²) in [6.07, 6.45) is 0. The summed E-state index contributed by atoms with van der Waals surface area (Å²) in [6.45, 7) is 5.92. The van der Waals surface area contributed by atoms with Crippen LogP contribution in [0, 0.1) is 5.92 Å². The number of methoxy groups -OCH3 is 2. The third-order valence-corrected chi connectivity index (χ3v) is 6.06. The predicted octanol–water partition coefficient (Wildman–Crippen LogP) is 2.67. The fourth-order valence-electron chi connectivity index (χ4n) is 4.24. The van der Waals surface area contributed by atoms with Crippen LogP contribution in [0.2, 0.25) is 0 Å². The average Bonchev–Trinajstić information content (AvgIpc) is 2.89. The molecular formula is C26H30N4O5. The van der Waals surface area contributed by atoms with Crippen LogP contribution in [-0.4, -0.2) is 71.8 Å². The molecule has 0 atom stereocenters. The molecule has 0 N–H and O–H groups in total. The Hall–Kier alpha value is -3.88. The maximum atomic E-state index is 13.5. The van der Waals surface area contributed by atoms with Crippen molar-refractivity contribution in [2.24, 2.45) is 5.92 Å². The fourth-order valence-corrected chi connectivity index (χ4v) is 4.24. The Morgan fingerprint density at radius 3 is 1.97 bits per heavy atom. The smallest absolute Gasteiger partial charge is 0.275 e. The lowest BCUT2D eigenvalue weighted by Gasteiger charge is -2.35. The van der Waals surface area contributed by atoms with Crippen molar-refractivity contribution >= 4 is 22.6 Å². The molecule has 3 aromatic rings. The Morgan fingerprint density at radius 2 is 1.43 bits per heavy atom. The van der Waals surface area contributed by atoms with Gasteiger partial charge in [-0.2, -0.15) is 5.10 Å². The summed E-state index contributed by atoms with van der Waals surface area (Å²) in [5.41, 5.74) is 0.530. The van der Waals surface area contributed by atoms with E-state index in [0.29, 0.717) is 60.6 Å². The summed E-state index contributed by atoms with van der Waals surface area (Å²) in [4.78, 5) is 42.9. The van der Waals surface area contributed by atoms with Gasteiger partial charge in [-0.1, -0.05) is 32.0 Å². The molecule has 2 heterocycles. The van der Waals surface area contributed by atoms with Gasteiger partial charge >= 0.3 is 0 Å². The molecule has 1 saturated heterocycles. The van der Waals surface area contributed by atoms with E-state index in [9.17, 15) is 14.4 Å². The number of amides is 2. The molecule has 0 bridgehead atoms. The Kier molecular flexibility index (Phi) is 7.04. The third kappa shape index (κ3) is 4.99. The largest absolute Gasteiger partial charge is 0.497 e. The summed E-state index contributed by atoms with van der Waals surface area (Å²) in [7, 11) is 3.07. The molecule has 1 fully saturated rings. The summed E-state index contributed by atoms with van der Waals surface area (Å²) in [5, 5.41) is 5.49. The van der Waals surface area contributed by atoms with Crippen molar-refractivity contribution in [2.75, 3.05) is 40.4 Å². The van der Waals surface area contributed by atoms with Crippen molar-refractivity contribution in [3.63, 3.8) is 0 Å². The van der Waals surface area contributed by atoms with Crippen LogP contribution >= 0.6 is 0 Å². The number of nitrogens with zero attached hydrogens (tertiary/aromatic N) is 4. The number of benzene rings is 2. The highest BCUT2D eigenvalue weighted by Gasteiger charge is 2.28. The molecule has 9 nitrogen and oxygen atoms in total. The SMILES string of the molecule is COc1cc(OC)cc(C(=O)N2CCN(C(=O)c3nn(CC(C)C)c(=O)c4ccccc34)CC2)c1. The van der Waals surface area contributed by atoms with Crippen molar-refractivity contribution in [3.8, 4) is 11.5 Å². The van der Waals surface area contributed by atoms with Crippen LogP contribution in [0.25, 0.3) is 10.8 Å². The highest BCUT2D eigenvalue weighted by molar-refractivity contribution is 6.05. The molecule has 1 aliphatic heterocycles. The number of aromatic nitrogens is 2. The average molecular weight is 479 g/mol. The molecule has 35 heavy (non-hydrogen) atoms. The molecule has 2 amide bonds. The van der Waals surface area contributed by atoms with Gasteiger partial charge in [0, 0.05) is 49.7 Å². The first kappa shape index (κ1) is 24.3. The summed E-state index contributed by atoms with van der Waals surface area (Å²) < 4.78 is 11.9. The number of carbonyl (C=O) groups is 2. The Labute approximate surface area is 203 Å². The molecule has 0 radical (unpaired) electrons. The molecule has 2 aromatic carbocycles. The first-order chi connectivity index (χ1) is 16.8. The summed E-state index contributed by atoms with van der Waals surface area (Å²) in [6, 6.07) is 12.1. The molecule has 9 heteroatoms. The number of hydrogen-bond donors (Lipinski definition) is 0. The van der Waals surface area contributed by atoms with Crippen LogP contribution in [0.4, 0.5) is 0 Å². The zero-order valence-corrected chi connectivity index (χ0v) is 20.5. The third-order valence-electron chi connectivity index (χ3n) is 6.06. The summed E-state index contributed by atoms with van der Waals surface area (Å²) >= 11 is 0. The Balaban J connectivity index is 1.54. The lowest BCUT2D eigenvalue weighted by molar-refractivity contribution is 0.0531. The number of piperazine rings is 1. The van der Waals surface area contributed by atoms with E-state index < -0.39 is 0 Å². The molecule has 1 aromatic heterocycles. The van der Waals surface area contributed by atoms with E-state index in [0.717, 1.165) is 0 Å². The maximum absolute atomic E-state index is 13.5. The predicted molar refractivity (Wildman–Crippen MR) is 132 cm³/mol. The van der Waals surface area contributed by atoms with Crippen LogP contribution in [-0.2, 0) is 6.54 Å². The second-order valence-electron chi connectivity index (χ2n) is 8.96. The Morgan fingerprint density at radius 1 is 0.886 bits per heavy atom. The van der Waals surface area contributed by atoms with E-state index in [1.165, 1.54) is 18.9 Å². The van der Waals surface area contributed by atoms with Gasteiger partial charge in [-0.05, 0) is 24.1 Å². The first-order valence-electron chi connectivity index (χ1n) is 11.6. The molecular weight excluding hydrogens is 448 g/mol. The van der Waals surface area contributed by atoms with Crippen molar-refractivity contribution < 1.29 is 19.1 Å². The lowest BCUT2D eigenvalue weighted by atomic mass is 10.1. The second kappa shape index (κ2) is 10.2. The van der Waals surface area contributed by atoms with E-state index in [1.807, 2.05) is 13.8 Å². The van der Waals surface area contributed by atoms with Gasteiger partial charge in [0.15, 0.2) is 5.69 Å². The monoisotopic (exact) mass is 478 g/mol. The number of ether oxygens (including phenoxy) is 2. The Bertz CT molecular complexity index is 1290. The van der Waals surface area contributed by atoms with Crippen LogP contribution in [0.3, 0.4) is 0 Å². The molecule has 4 rings (SSSR count). The quantitative estimate of drug-likeness (QED) is 0.541. The van der Waals surface area contributed by atoms with E-state index >= 15 is 0 Å². The van der Waals surface area contributed by atoms with Crippen molar-refractivity contribution in [1.82, 2.24) is 19.6 Å². The lowest BCUT2D eigenvalue weighted by Crippen LogP contribution is -2.51. The molecule has 0 aliphatic carbocycles. The second-order valence-corrected chi connectivity index (χ2v) is 8.96. The van der Waals surface area contributed by atoms with E-state index in [4.69, 9.17) is 9.47 Å². The van der Waals surface area contributed by atoms with Gasteiger partial charge in [0.25, 0.3) is 17.4 Å².